The molecule has 2 rings (SSSR count). The van der Waals surface area contributed by atoms with E-state index >= 15 is 0 Å². The van der Waals surface area contributed by atoms with E-state index in [1.54, 1.807) is 0 Å². The molecule has 0 bridgehead atoms. The minimum Gasteiger partial charge on any atom is -0.395 e. The van der Waals surface area contributed by atoms with Crippen LogP contribution in [0.25, 0.3) is 0 Å². The molecule has 2 amide bonds. The van der Waals surface area contributed by atoms with Gasteiger partial charge in [-0.1, -0.05) is 25.5 Å². The number of carbonyl (C=O) groups excluding carboxylic acids is 1. The van der Waals surface area contributed by atoms with Gasteiger partial charge < -0.3 is 15.3 Å². The highest BCUT2D eigenvalue weighted by Crippen LogP contribution is 2.13. The number of hydrogen-bond acceptors (Lipinski definition) is 3. The molecule has 0 aromatic heterocycles. The minimum absolute atomic E-state index is 0.0371. The normalized spacial score (nSPS) is 15.8. The van der Waals surface area contributed by atoms with E-state index in [1.165, 1.54) is 18.4 Å². The van der Waals surface area contributed by atoms with Crippen molar-refractivity contribution < 1.29 is 9.90 Å². The lowest BCUT2D eigenvalue weighted by Crippen LogP contribution is -2.50. The van der Waals surface area contributed by atoms with Gasteiger partial charge in [-0.3, -0.25) is 4.90 Å². The lowest BCUT2D eigenvalue weighted by atomic mass is 10.1. The highest BCUT2D eigenvalue weighted by Gasteiger charge is 2.20. The lowest BCUT2D eigenvalue weighted by molar-refractivity contribution is 0.127. The summed E-state index contributed by atoms with van der Waals surface area (Å²) < 4.78 is 0. The average Bonchev–Trinajstić information content (AvgIpc) is 2.55. The highest BCUT2D eigenvalue weighted by molar-refractivity contribution is 5.89. The van der Waals surface area contributed by atoms with Crippen LogP contribution in [0.3, 0.4) is 0 Å². The Hall–Kier alpha value is -1.59. The molecular weight excluding hydrogens is 278 g/mol. The second-order valence-corrected chi connectivity index (χ2v) is 5.78. The Morgan fingerprint density at radius 1 is 1.18 bits per heavy atom. The van der Waals surface area contributed by atoms with E-state index in [4.69, 9.17) is 5.11 Å². The number of aliphatic hydroxyl groups excluding tert-OH is 1. The van der Waals surface area contributed by atoms with Gasteiger partial charge in [-0.2, -0.15) is 0 Å². The SMILES string of the molecule is CCCCc1ccc(NC(=O)N2CCN(CCO)CC2)cc1. The molecular formula is C17H27N3O2. The summed E-state index contributed by atoms with van der Waals surface area (Å²) in [6, 6.07) is 8.09. The quantitative estimate of drug-likeness (QED) is 0.847. The number of hydrogen-bond donors (Lipinski definition) is 2. The maximum absolute atomic E-state index is 12.2. The third-order valence-corrected chi connectivity index (χ3v) is 4.10. The van der Waals surface area contributed by atoms with Crippen molar-refractivity contribution in [3.05, 3.63) is 29.8 Å². The van der Waals surface area contributed by atoms with Gasteiger partial charge in [0.2, 0.25) is 0 Å². The van der Waals surface area contributed by atoms with Crippen LogP contribution in [0.5, 0.6) is 0 Å². The molecule has 0 radical (unpaired) electrons. The third kappa shape index (κ3) is 5.00. The number of β-amino-alcohol motifs (C(OH)–C–C–N with tert-alkyl or cyclic N) is 1. The molecule has 22 heavy (non-hydrogen) atoms. The number of aryl methyl sites for hydroxylation is 1. The number of nitrogens with one attached hydrogen (secondary N) is 1. The van der Waals surface area contributed by atoms with Crippen LogP contribution in [-0.2, 0) is 6.42 Å². The summed E-state index contributed by atoms with van der Waals surface area (Å²) in [6.45, 7) is 6.12. The maximum atomic E-state index is 12.2. The smallest absolute Gasteiger partial charge is 0.321 e. The fraction of sp³-hybridized carbons (Fsp3) is 0.588. The van der Waals surface area contributed by atoms with E-state index in [-0.39, 0.29) is 12.6 Å². The first kappa shape index (κ1) is 16.8. The number of aliphatic hydroxyl groups is 1. The van der Waals surface area contributed by atoms with Crippen LogP contribution < -0.4 is 5.32 Å². The molecule has 1 aliphatic rings. The molecule has 0 saturated carbocycles. The van der Waals surface area contributed by atoms with Gasteiger partial charge >= 0.3 is 6.03 Å². The van der Waals surface area contributed by atoms with Gasteiger partial charge in [-0.15, -0.1) is 0 Å². The first-order chi connectivity index (χ1) is 10.7. The largest absolute Gasteiger partial charge is 0.395 e. The zero-order valence-electron chi connectivity index (χ0n) is 13.4. The van der Waals surface area contributed by atoms with Gasteiger partial charge in [0.25, 0.3) is 0 Å². The number of urea groups is 1. The summed E-state index contributed by atoms with van der Waals surface area (Å²) in [7, 11) is 0. The molecule has 1 fully saturated rings. The van der Waals surface area contributed by atoms with E-state index < -0.39 is 0 Å². The molecule has 0 aliphatic carbocycles. The Bertz CT molecular complexity index is 453. The number of carbonyl (C=O) groups is 1. The fourth-order valence-electron chi connectivity index (χ4n) is 2.65. The van der Waals surface area contributed by atoms with Crippen molar-refractivity contribution in [2.45, 2.75) is 26.2 Å². The molecule has 5 nitrogen and oxygen atoms in total. The van der Waals surface area contributed by atoms with Crippen molar-refractivity contribution in [2.24, 2.45) is 0 Å². The van der Waals surface area contributed by atoms with E-state index in [9.17, 15) is 4.79 Å². The summed E-state index contributed by atoms with van der Waals surface area (Å²) in [5.41, 5.74) is 2.17. The molecule has 0 unspecified atom stereocenters. The zero-order valence-corrected chi connectivity index (χ0v) is 13.4. The molecule has 0 atom stereocenters. The molecule has 1 saturated heterocycles. The summed E-state index contributed by atoms with van der Waals surface area (Å²) in [5.74, 6) is 0. The van der Waals surface area contributed by atoms with E-state index in [0.29, 0.717) is 19.6 Å². The maximum Gasteiger partial charge on any atom is 0.321 e. The number of anilines is 1. The Labute approximate surface area is 132 Å². The van der Waals surface area contributed by atoms with Crippen LogP contribution in [0, 0.1) is 0 Å². The summed E-state index contributed by atoms with van der Waals surface area (Å²) in [5, 5.41) is 11.9. The number of amides is 2. The standard InChI is InChI=1S/C17H27N3O2/c1-2-3-4-15-5-7-16(8-6-15)18-17(22)20-11-9-19(10-12-20)13-14-21/h5-8,21H,2-4,9-14H2,1H3,(H,18,22). The van der Waals surface area contributed by atoms with Crippen LogP contribution in [0.2, 0.25) is 0 Å². The predicted molar refractivity (Wildman–Crippen MR) is 89.2 cm³/mol. The van der Waals surface area contributed by atoms with Crippen molar-refractivity contribution in [2.75, 3.05) is 44.6 Å². The Kier molecular flexibility index (Phi) is 6.68. The van der Waals surface area contributed by atoms with Gasteiger partial charge in [-0.05, 0) is 30.5 Å². The van der Waals surface area contributed by atoms with Crippen LogP contribution in [-0.4, -0.2) is 60.3 Å². The van der Waals surface area contributed by atoms with Gasteiger partial charge in [0.05, 0.1) is 6.61 Å². The number of nitrogens with zero attached hydrogens (tertiary/aromatic N) is 2. The highest BCUT2D eigenvalue weighted by atomic mass is 16.3. The average molecular weight is 305 g/mol. The Balaban J connectivity index is 1.79. The minimum atomic E-state index is -0.0371. The van der Waals surface area contributed by atoms with Gasteiger partial charge in [0.1, 0.15) is 0 Å². The van der Waals surface area contributed by atoms with Crippen LogP contribution in [0.4, 0.5) is 10.5 Å². The number of benzene rings is 1. The van der Waals surface area contributed by atoms with E-state index in [2.05, 4.69) is 29.3 Å². The third-order valence-electron chi connectivity index (χ3n) is 4.10. The van der Waals surface area contributed by atoms with E-state index in [0.717, 1.165) is 25.2 Å². The van der Waals surface area contributed by atoms with Crippen molar-refractivity contribution in [1.82, 2.24) is 9.80 Å². The van der Waals surface area contributed by atoms with Crippen molar-refractivity contribution >= 4 is 11.7 Å². The first-order valence-corrected chi connectivity index (χ1v) is 8.21. The molecule has 1 aromatic carbocycles. The molecule has 1 heterocycles. The second-order valence-electron chi connectivity index (χ2n) is 5.78. The summed E-state index contributed by atoms with van der Waals surface area (Å²) in [4.78, 5) is 16.2. The number of unbranched alkanes of at least 4 members (excludes halogenated alkanes) is 1. The zero-order chi connectivity index (χ0) is 15.8. The van der Waals surface area contributed by atoms with Crippen molar-refractivity contribution in [1.29, 1.82) is 0 Å². The number of piperazine rings is 1. The molecule has 1 aromatic rings. The molecule has 0 spiro atoms. The Morgan fingerprint density at radius 3 is 2.45 bits per heavy atom. The molecule has 5 heteroatoms. The first-order valence-electron chi connectivity index (χ1n) is 8.21. The molecule has 122 valence electrons. The van der Waals surface area contributed by atoms with Gasteiger partial charge in [0.15, 0.2) is 0 Å². The van der Waals surface area contributed by atoms with Crippen molar-refractivity contribution in [3.8, 4) is 0 Å². The second kappa shape index (κ2) is 8.76. The predicted octanol–water partition coefficient (Wildman–Crippen LogP) is 2.17. The topological polar surface area (TPSA) is 55.8 Å². The van der Waals surface area contributed by atoms with Crippen LogP contribution in [0.1, 0.15) is 25.3 Å². The van der Waals surface area contributed by atoms with Crippen molar-refractivity contribution in [3.63, 3.8) is 0 Å². The summed E-state index contributed by atoms with van der Waals surface area (Å²) in [6.07, 6.45) is 3.49. The lowest BCUT2D eigenvalue weighted by Gasteiger charge is -2.34. The molecule has 2 N–H and O–H groups in total. The van der Waals surface area contributed by atoms with E-state index in [1.807, 2.05) is 17.0 Å². The van der Waals surface area contributed by atoms with Gasteiger partial charge in [-0.25, -0.2) is 4.79 Å². The fourth-order valence-corrected chi connectivity index (χ4v) is 2.65. The monoisotopic (exact) mass is 305 g/mol. The van der Waals surface area contributed by atoms with Crippen LogP contribution in [0.15, 0.2) is 24.3 Å². The summed E-state index contributed by atoms with van der Waals surface area (Å²) >= 11 is 0. The molecule has 1 aliphatic heterocycles. The number of rotatable bonds is 6. The van der Waals surface area contributed by atoms with Gasteiger partial charge in [0, 0.05) is 38.4 Å². The van der Waals surface area contributed by atoms with Crippen LogP contribution >= 0.6 is 0 Å². The Morgan fingerprint density at radius 2 is 1.86 bits per heavy atom.